The molecule has 0 aliphatic carbocycles. The molecule has 2 aromatic rings. The summed E-state index contributed by atoms with van der Waals surface area (Å²) in [6, 6.07) is 22.4. The highest BCUT2D eigenvalue weighted by Crippen LogP contribution is 2.19. The van der Waals surface area contributed by atoms with Crippen LogP contribution in [0.2, 0.25) is 0 Å². The third-order valence-corrected chi connectivity index (χ3v) is 5.97. The molecule has 2 fully saturated rings. The van der Waals surface area contributed by atoms with Crippen LogP contribution in [0.1, 0.15) is 19.8 Å². The largest absolute Gasteiger partial charge is 0.381 e. The van der Waals surface area contributed by atoms with Crippen LogP contribution in [0.5, 0.6) is 0 Å². The van der Waals surface area contributed by atoms with E-state index in [1.54, 1.807) is 0 Å². The van der Waals surface area contributed by atoms with Gasteiger partial charge in [0.2, 0.25) is 0 Å². The van der Waals surface area contributed by atoms with Gasteiger partial charge in [-0.3, -0.25) is 0 Å². The minimum absolute atomic E-state index is 0.584. The number of anilines is 2. The average molecular weight is 379 g/mol. The smallest absolute Gasteiger partial charge is 0.0400 e. The van der Waals surface area contributed by atoms with Crippen molar-refractivity contribution in [2.75, 3.05) is 49.9 Å². The second-order valence-electron chi connectivity index (χ2n) is 8.62. The molecule has 28 heavy (non-hydrogen) atoms. The normalized spacial score (nSPS) is 24.3. The highest BCUT2D eigenvalue weighted by atomic mass is 15.2. The number of hydrogen-bond acceptors (Lipinski definition) is 4. The minimum atomic E-state index is 0.584. The van der Waals surface area contributed by atoms with Crippen molar-refractivity contribution in [2.24, 2.45) is 5.92 Å². The summed E-state index contributed by atoms with van der Waals surface area (Å²) in [6.45, 7) is 9.59. The number of nitrogens with one attached hydrogen (secondary N) is 2. The Morgan fingerprint density at radius 3 is 1.61 bits per heavy atom. The van der Waals surface area contributed by atoms with Gasteiger partial charge < -0.3 is 20.4 Å². The number of hydrogen-bond donors (Lipinski definition) is 2. The summed E-state index contributed by atoms with van der Waals surface area (Å²) in [4.78, 5) is 5.28. The van der Waals surface area contributed by atoms with Gasteiger partial charge in [-0.1, -0.05) is 43.3 Å². The van der Waals surface area contributed by atoms with Crippen LogP contribution in [0.15, 0.2) is 60.7 Å². The third-order valence-electron chi connectivity index (χ3n) is 5.97. The van der Waals surface area contributed by atoms with Gasteiger partial charge in [0.25, 0.3) is 0 Å². The maximum absolute atomic E-state index is 3.69. The predicted octanol–water partition coefficient (Wildman–Crippen LogP) is 4.00. The van der Waals surface area contributed by atoms with Gasteiger partial charge >= 0.3 is 0 Å². The first-order chi connectivity index (χ1) is 13.7. The van der Waals surface area contributed by atoms with Gasteiger partial charge in [-0.25, -0.2) is 0 Å². The average Bonchev–Trinajstić information content (AvgIpc) is 3.33. The lowest BCUT2D eigenvalue weighted by Gasteiger charge is -2.25. The molecule has 0 bridgehead atoms. The van der Waals surface area contributed by atoms with Crippen LogP contribution < -0.4 is 10.6 Å². The summed E-state index contributed by atoms with van der Waals surface area (Å²) in [5.74, 6) is 0.714. The van der Waals surface area contributed by atoms with E-state index in [4.69, 9.17) is 0 Å². The van der Waals surface area contributed by atoms with Crippen molar-refractivity contribution in [3.63, 3.8) is 0 Å². The van der Waals surface area contributed by atoms with E-state index in [1.165, 1.54) is 50.4 Å². The van der Waals surface area contributed by atoms with Gasteiger partial charge in [-0.15, -0.1) is 0 Å². The summed E-state index contributed by atoms with van der Waals surface area (Å²) in [5, 5.41) is 7.37. The second kappa shape index (κ2) is 9.44. The Balaban J connectivity index is 1.16. The maximum Gasteiger partial charge on any atom is 0.0400 e. The Morgan fingerprint density at radius 1 is 0.750 bits per heavy atom. The van der Waals surface area contributed by atoms with Crippen LogP contribution in [0, 0.1) is 5.92 Å². The Hall–Kier alpha value is -2.04. The summed E-state index contributed by atoms with van der Waals surface area (Å²) < 4.78 is 0. The van der Waals surface area contributed by atoms with Crippen molar-refractivity contribution in [3.8, 4) is 0 Å². The fourth-order valence-corrected chi connectivity index (χ4v) is 4.71. The highest BCUT2D eigenvalue weighted by Gasteiger charge is 2.26. The molecule has 2 atom stereocenters. The van der Waals surface area contributed by atoms with Crippen LogP contribution in [-0.2, 0) is 0 Å². The summed E-state index contributed by atoms with van der Waals surface area (Å²) >= 11 is 0. The predicted molar refractivity (Wildman–Crippen MR) is 119 cm³/mol. The number of rotatable bonds is 8. The Kier molecular flexibility index (Phi) is 6.50. The monoisotopic (exact) mass is 378 g/mol. The van der Waals surface area contributed by atoms with Crippen molar-refractivity contribution in [2.45, 2.75) is 31.8 Å². The van der Waals surface area contributed by atoms with Gasteiger partial charge in [0, 0.05) is 62.7 Å². The van der Waals surface area contributed by atoms with Crippen molar-refractivity contribution in [1.82, 2.24) is 9.80 Å². The van der Waals surface area contributed by atoms with E-state index in [9.17, 15) is 0 Å². The molecule has 150 valence electrons. The molecule has 0 radical (unpaired) electrons. The fourth-order valence-electron chi connectivity index (χ4n) is 4.71. The fraction of sp³-hybridized carbons (Fsp3) is 0.500. The van der Waals surface area contributed by atoms with Crippen LogP contribution in [0.3, 0.4) is 0 Å². The Labute approximate surface area is 169 Å². The number of para-hydroxylation sites is 2. The topological polar surface area (TPSA) is 30.5 Å². The van der Waals surface area contributed by atoms with E-state index in [-0.39, 0.29) is 0 Å². The van der Waals surface area contributed by atoms with E-state index in [2.05, 4.69) is 88.0 Å². The molecule has 4 heteroatoms. The van der Waals surface area contributed by atoms with Gasteiger partial charge in [-0.05, 0) is 43.0 Å². The summed E-state index contributed by atoms with van der Waals surface area (Å²) in [6.07, 6.45) is 2.49. The van der Waals surface area contributed by atoms with E-state index in [1.807, 2.05) is 0 Å². The van der Waals surface area contributed by atoms with Crippen molar-refractivity contribution in [1.29, 1.82) is 0 Å². The maximum atomic E-state index is 3.69. The number of likely N-dealkylation sites (tertiary alicyclic amines) is 2. The first-order valence-corrected chi connectivity index (χ1v) is 10.8. The summed E-state index contributed by atoms with van der Waals surface area (Å²) in [5.41, 5.74) is 2.49. The number of benzene rings is 2. The zero-order chi connectivity index (χ0) is 19.2. The van der Waals surface area contributed by atoms with Gasteiger partial charge in [-0.2, -0.15) is 0 Å². The van der Waals surface area contributed by atoms with Gasteiger partial charge in [0.1, 0.15) is 0 Å². The van der Waals surface area contributed by atoms with Crippen LogP contribution >= 0.6 is 0 Å². The first-order valence-electron chi connectivity index (χ1n) is 10.8. The van der Waals surface area contributed by atoms with Crippen LogP contribution in [0.25, 0.3) is 0 Å². The van der Waals surface area contributed by atoms with E-state index >= 15 is 0 Å². The molecule has 0 saturated carbocycles. The van der Waals surface area contributed by atoms with Crippen LogP contribution in [-0.4, -0.2) is 61.2 Å². The zero-order valence-corrected chi connectivity index (χ0v) is 17.1. The summed E-state index contributed by atoms with van der Waals surface area (Å²) in [7, 11) is 0. The third kappa shape index (κ3) is 5.49. The van der Waals surface area contributed by atoms with Crippen molar-refractivity contribution < 1.29 is 0 Å². The molecule has 4 nitrogen and oxygen atoms in total. The molecule has 2 heterocycles. The molecule has 4 rings (SSSR count). The molecule has 2 N–H and O–H groups in total. The first kappa shape index (κ1) is 19.3. The molecule has 2 aromatic carbocycles. The Bertz CT molecular complexity index is 644. The highest BCUT2D eigenvalue weighted by molar-refractivity contribution is 5.44. The SMILES string of the molecule is CC(CN1CCC(Nc2ccccc2)C1)CN1CCC(Nc2ccccc2)C1. The van der Waals surface area contributed by atoms with Crippen LogP contribution in [0.4, 0.5) is 11.4 Å². The lowest BCUT2D eigenvalue weighted by atomic mass is 10.1. The van der Waals surface area contributed by atoms with Gasteiger partial charge in [0.15, 0.2) is 0 Å². The second-order valence-corrected chi connectivity index (χ2v) is 8.62. The lowest BCUT2D eigenvalue weighted by Crippen LogP contribution is -2.35. The molecule has 0 amide bonds. The molecule has 0 spiro atoms. The van der Waals surface area contributed by atoms with Gasteiger partial charge in [0.05, 0.1) is 0 Å². The molecular formula is C24H34N4. The molecular weight excluding hydrogens is 344 g/mol. The number of nitrogens with zero attached hydrogens (tertiary/aromatic N) is 2. The van der Waals surface area contributed by atoms with E-state index in [0.717, 1.165) is 13.1 Å². The van der Waals surface area contributed by atoms with E-state index in [0.29, 0.717) is 18.0 Å². The standard InChI is InChI=1S/C24H34N4/c1-20(16-27-14-12-23(18-27)25-21-8-4-2-5-9-21)17-28-15-13-24(19-28)26-22-10-6-3-7-11-22/h2-11,20,23-26H,12-19H2,1H3. The quantitative estimate of drug-likeness (QED) is 0.727. The molecule has 2 aliphatic rings. The zero-order valence-electron chi connectivity index (χ0n) is 17.1. The minimum Gasteiger partial charge on any atom is -0.381 e. The lowest BCUT2D eigenvalue weighted by molar-refractivity contribution is 0.224. The Morgan fingerprint density at radius 2 is 1.18 bits per heavy atom. The molecule has 2 saturated heterocycles. The molecule has 2 aliphatic heterocycles. The van der Waals surface area contributed by atoms with E-state index < -0.39 is 0 Å². The van der Waals surface area contributed by atoms with Crippen molar-refractivity contribution >= 4 is 11.4 Å². The molecule has 2 unspecified atom stereocenters. The van der Waals surface area contributed by atoms with Crippen molar-refractivity contribution in [3.05, 3.63) is 60.7 Å². The molecule has 0 aromatic heterocycles.